The van der Waals surface area contributed by atoms with Crippen molar-refractivity contribution in [2.75, 3.05) is 6.61 Å². The Bertz CT molecular complexity index is 838. The normalized spacial score (nSPS) is 16.8. The maximum Gasteiger partial charge on any atom is 0.247 e. The number of benzene rings is 2. The summed E-state index contributed by atoms with van der Waals surface area (Å²) in [5.74, 6) is 1.28. The lowest BCUT2D eigenvalue weighted by atomic mass is 9.86. The maximum absolute atomic E-state index is 13.3. The van der Waals surface area contributed by atoms with Gasteiger partial charge in [-0.25, -0.2) is 4.39 Å². The number of halogens is 1. The summed E-state index contributed by atoms with van der Waals surface area (Å²) in [7, 11) is 0. The van der Waals surface area contributed by atoms with Gasteiger partial charge in [-0.15, -0.1) is 0 Å². The lowest BCUT2D eigenvalue weighted by Crippen LogP contribution is -2.31. The van der Waals surface area contributed by atoms with Crippen molar-refractivity contribution in [3.05, 3.63) is 71.6 Å². The summed E-state index contributed by atoms with van der Waals surface area (Å²) >= 11 is 0. The summed E-state index contributed by atoms with van der Waals surface area (Å²) in [5.41, 5.74) is 1.78. The number of rotatable bonds is 8. The van der Waals surface area contributed by atoms with Gasteiger partial charge in [-0.3, -0.25) is 4.79 Å². The smallest absolute Gasteiger partial charge is 0.247 e. The molecule has 28 heavy (non-hydrogen) atoms. The Morgan fingerprint density at radius 3 is 2.54 bits per heavy atom. The highest BCUT2D eigenvalue weighted by atomic mass is 19.1. The minimum Gasteiger partial charge on any atom is -0.493 e. The van der Waals surface area contributed by atoms with Crippen molar-refractivity contribution in [3.8, 4) is 5.75 Å². The molecule has 2 aliphatic carbocycles. The summed E-state index contributed by atoms with van der Waals surface area (Å²) in [6.07, 6.45) is 9.19. The molecule has 0 saturated heterocycles. The van der Waals surface area contributed by atoms with Gasteiger partial charge in [-0.1, -0.05) is 30.7 Å². The van der Waals surface area contributed by atoms with E-state index in [9.17, 15) is 9.18 Å². The molecule has 0 aliphatic heterocycles. The van der Waals surface area contributed by atoms with E-state index in [0.717, 1.165) is 30.8 Å². The standard InChI is InChI=1S/C24H26FNO2/c25-21-6-2-3-18(15-21)9-14-24(27)26(22-10-11-22)16-19-7-12-23(13-8-19)28-17-20-4-1-5-20/h2-3,6-9,12-15,20,22H,1,4-5,10-11,16-17H2/b14-9+. The van der Waals surface area contributed by atoms with Crippen LogP contribution in [-0.4, -0.2) is 23.5 Å². The quantitative estimate of drug-likeness (QED) is 0.589. The zero-order valence-corrected chi connectivity index (χ0v) is 16.0. The third-order valence-corrected chi connectivity index (χ3v) is 5.52. The number of carbonyl (C=O) groups is 1. The Morgan fingerprint density at radius 2 is 1.89 bits per heavy atom. The van der Waals surface area contributed by atoms with Gasteiger partial charge in [0, 0.05) is 18.7 Å². The molecule has 0 unspecified atom stereocenters. The van der Waals surface area contributed by atoms with Gasteiger partial charge in [0.1, 0.15) is 11.6 Å². The molecule has 1 amide bonds. The van der Waals surface area contributed by atoms with Gasteiger partial charge in [0.05, 0.1) is 6.61 Å². The van der Waals surface area contributed by atoms with Crippen molar-refractivity contribution in [2.24, 2.45) is 5.92 Å². The molecule has 0 N–H and O–H groups in total. The molecule has 2 aromatic rings. The maximum atomic E-state index is 13.3. The van der Waals surface area contributed by atoms with E-state index in [-0.39, 0.29) is 11.7 Å². The van der Waals surface area contributed by atoms with Crippen molar-refractivity contribution in [1.29, 1.82) is 0 Å². The summed E-state index contributed by atoms with van der Waals surface area (Å²) in [5, 5.41) is 0. The van der Waals surface area contributed by atoms with Gasteiger partial charge < -0.3 is 9.64 Å². The molecule has 2 fully saturated rings. The second-order valence-corrected chi connectivity index (χ2v) is 7.84. The summed E-state index contributed by atoms with van der Waals surface area (Å²) in [6.45, 7) is 1.39. The van der Waals surface area contributed by atoms with Gasteiger partial charge >= 0.3 is 0 Å². The number of amides is 1. The van der Waals surface area contributed by atoms with Gasteiger partial charge in [-0.2, -0.15) is 0 Å². The van der Waals surface area contributed by atoms with E-state index in [1.807, 2.05) is 29.2 Å². The van der Waals surface area contributed by atoms with Crippen LogP contribution in [0.4, 0.5) is 4.39 Å². The van der Waals surface area contributed by atoms with E-state index in [0.29, 0.717) is 24.1 Å². The second kappa shape index (κ2) is 8.59. The molecule has 0 bridgehead atoms. The fraction of sp³-hybridized carbons (Fsp3) is 0.375. The fourth-order valence-corrected chi connectivity index (χ4v) is 3.41. The monoisotopic (exact) mass is 379 g/mol. The molecule has 0 aromatic heterocycles. The molecule has 0 heterocycles. The van der Waals surface area contributed by atoms with E-state index < -0.39 is 0 Å². The minimum absolute atomic E-state index is 0.0305. The van der Waals surface area contributed by atoms with Crippen LogP contribution in [0.5, 0.6) is 5.75 Å². The highest BCUT2D eigenvalue weighted by Crippen LogP contribution is 2.30. The first-order valence-electron chi connectivity index (χ1n) is 10.1. The topological polar surface area (TPSA) is 29.5 Å². The van der Waals surface area contributed by atoms with Crippen LogP contribution < -0.4 is 4.74 Å². The SMILES string of the molecule is O=C(/C=C/c1cccc(F)c1)N(Cc1ccc(OCC2CCC2)cc1)C1CC1. The molecule has 0 radical (unpaired) electrons. The Kier molecular flexibility index (Phi) is 5.75. The molecule has 2 saturated carbocycles. The number of ether oxygens (including phenoxy) is 1. The average Bonchev–Trinajstić information content (AvgIpc) is 3.49. The summed E-state index contributed by atoms with van der Waals surface area (Å²) in [4.78, 5) is 14.6. The molecular formula is C24H26FNO2. The molecule has 4 heteroatoms. The third kappa shape index (κ3) is 5.00. The molecule has 0 atom stereocenters. The molecule has 0 spiro atoms. The highest BCUT2D eigenvalue weighted by molar-refractivity contribution is 5.92. The number of nitrogens with zero attached hydrogens (tertiary/aromatic N) is 1. The van der Waals surface area contributed by atoms with E-state index in [1.54, 1.807) is 24.3 Å². The Morgan fingerprint density at radius 1 is 1.11 bits per heavy atom. The van der Waals surface area contributed by atoms with Gasteiger partial charge in [-0.05, 0) is 73.1 Å². The van der Waals surface area contributed by atoms with Gasteiger partial charge in [0.2, 0.25) is 5.91 Å². The molecule has 3 nitrogen and oxygen atoms in total. The van der Waals surface area contributed by atoms with Gasteiger partial charge in [0.15, 0.2) is 0 Å². The molecular weight excluding hydrogens is 353 g/mol. The average molecular weight is 379 g/mol. The van der Waals surface area contributed by atoms with Gasteiger partial charge in [0.25, 0.3) is 0 Å². The third-order valence-electron chi connectivity index (χ3n) is 5.52. The van der Waals surface area contributed by atoms with Crippen LogP contribution >= 0.6 is 0 Å². The predicted molar refractivity (Wildman–Crippen MR) is 108 cm³/mol. The molecule has 146 valence electrons. The Labute approximate surface area is 165 Å². The van der Waals surface area contributed by atoms with Crippen molar-refractivity contribution >= 4 is 12.0 Å². The Balaban J connectivity index is 1.35. The van der Waals surface area contributed by atoms with Crippen molar-refractivity contribution in [2.45, 2.75) is 44.7 Å². The van der Waals surface area contributed by atoms with Crippen LogP contribution in [-0.2, 0) is 11.3 Å². The molecule has 4 rings (SSSR count). The lowest BCUT2D eigenvalue weighted by molar-refractivity contribution is -0.127. The first kappa shape index (κ1) is 18.7. The van der Waals surface area contributed by atoms with Crippen LogP contribution in [0.25, 0.3) is 6.08 Å². The van der Waals surface area contributed by atoms with Crippen LogP contribution in [0, 0.1) is 11.7 Å². The minimum atomic E-state index is -0.298. The Hall–Kier alpha value is -2.62. The first-order chi connectivity index (χ1) is 13.7. The number of hydrogen-bond acceptors (Lipinski definition) is 2. The number of hydrogen-bond donors (Lipinski definition) is 0. The predicted octanol–water partition coefficient (Wildman–Crippen LogP) is 5.21. The largest absolute Gasteiger partial charge is 0.493 e. The second-order valence-electron chi connectivity index (χ2n) is 7.84. The zero-order valence-electron chi connectivity index (χ0n) is 16.0. The zero-order chi connectivity index (χ0) is 19.3. The van der Waals surface area contributed by atoms with Crippen LogP contribution in [0.1, 0.15) is 43.2 Å². The van der Waals surface area contributed by atoms with Crippen molar-refractivity contribution in [3.63, 3.8) is 0 Å². The molecule has 2 aromatic carbocycles. The van der Waals surface area contributed by atoms with Crippen LogP contribution in [0.2, 0.25) is 0 Å². The lowest BCUT2D eigenvalue weighted by Gasteiger charge is -2.25. The van der Waals surface area contributed by atoms with Crippen LogP contribution in [0.3, 0.4) is 0 Å². The fourth-order valence-electron chi connectivity index (χ4n) is 3.41. The van der Waals surface area contributed by atoms with E-state index in [4.69, 9.17) is 4.74 Å². The van der Waals surface area contributed by atoms with E-state index >= 15 is 0 Å². The number of carbonyl (C=O) groups excluding carboxylic acids is 1. The first-order valence-corrected chi connectivity index (χ1v) is 10.1. The van der Waals surface area contributed by atoms with E-state index in [2.05, 4.69) is 0 Å². The van der Waals surface area contributed by atoms with Crippen molar-refractivity contribution < 1.29 is 13.9 Å². The summed E-state index contributed by atoms with van der Waals surface area (Å²) < 4.78 is 19.1. The summed E-state index contributed by atoms with van der Waals surface area (Å²) in [6, 6.07) is 14.6. The van der Waals surface area contributed by atoms with Crippen LogP contribution in [0.15, 0.2) is 54.6 Å². The highest BCUT2D eigenvalue weighted by Gasteiger charge is 2.31. The molecule has 2 aliphatic rings. The van der Waals surface area contributed by atoms with E-state index in [1.165, 1.54) is 31.4 Å². The van der Waals surface area contributed by atoms with Crippen molar-refractivity contribution in [1.82, 2.24) is 4.90 Å².